The van der Waals surface area contributed by atoms with Crippen molar-refractivity contribution in [2.45, 2.75) is 11.8 Å². The summed E-state index contributed by atoms with van der Waals surface area (Å²) in [4.78, 5) is 1.27. The Morgan fingerprint density at radius 1 is 1.40 bits per heavy atom. The molecule has 1 nitrogen and oxygen atoms in total. The fourth-order valence-electron chi connectivity index (χ4n) is 1.02. The molecule has 0 atom stereocenters. The first-order valence-electron chi connectivity index (χ1n) is 4.73. The zero-order valence-electron chi connectivity index (χ0n) is 8.68. The standard InChI is InChI=1S/C13H13NS/c1-12(6-5-10-14)9-11-15-13-7-3-2-4-8-13/h2-9H,11H2,1H3/b6-5+,12-9+. The molecule has 0 saturated heterocycles. The summed E-state index contributed by atoms with van der Waals surface area (Å²) in [5.74, 6) is 0.936. The van der Waals surface area contributed by atoms with E-state index in [0.717, 1.165) is 11.3 Å². The summed E-state index contributed by atoms with van der Waals surface area (Å²) in [7, 11) is 0. The Kier molecular flexibility index (Phi) is 5.35. The normalized spacial score (nSPS) is 11.6. The van der Waals surface area contributed by atoms with Crippen molar-refractivity contribution in [2.24, 2.45) is 0 Å². The summed E-state index contributed by atoms with van der Waals surface area (Å²) >= 11 is 1.79. The molecule has 0 N–H and O–H groups in total. The Labute approximate surface area is 95.1 Å². The van der Waals surface area contributed by atoms with E-state index >= 15 is 0 Å². The molecule has 0 radical (unpaired) electrons. The highest BCUT2D eigenvalue weighted by atomic mass is 32.2. The SMILES string of the molecule is CC(/C=C/C#N)=C\CSc1ccccc1. The van der Waals surface area contributed by atoms with Gasteiger partial charge < -0.3 is 0 Å². The zero-order valence-corrected chi connectivity index (χ0v) is 9.50. The molecule has 2 heteroatoms. The van der Waals surface area contributed by atoms with Crippen LogP contribution in [0.3, 0.4) is 0 Å². The van der Waals surface area contributed by atoms with Crippen LogP contribution >= 0.6 is 11.8 Å². The summed E-state index contributed by atoms with van der Waals surface area (Å²) in [6.07, 6.45) is 5.44. The van der Waals surface area contributed by atoms with Gasteiger partial charge in [0, 0.05) is 16.7 Å². The number of thioether (sulfide) groups is 1. The molecule has 1 aromatic rings. The Bertz CT molecular complexity index is 385. The molecule has 0 aromatic heterocycles. The highest BCUT2D eigenvalue weighted by Crippen LogP contribution is 2.17. The van der Waals surface area contributed by atoms with Gasteiger partial charge in [0.05, 0.1) is 6.07 Å². The fourth-order valence-corrected chi connectivity index (χ4v) is 1.91. The maximum Gasteiger partial charge on any atom is 0.0912 e. The summed E-state index contributed by atoms with van der Waals surface area (Å²) in [5.41, 5.74) is 1.12. The quantitative estimate of drug-likeness (QED) is 0.433. The van der Waals surface area contributed by atoms with Crippen molar-refractivity contribution in [3.05, 3.63) is 54.1 Å². The van der Waals surface area contributed by atoms with Crippen LogP contribution in [0.25, 0.3) is 0 Å². The second-order valence-corrected chi connectivity index (χ2v) is 4.13. The van der Waals surface area contributed by atoms with Crippen LogP contribution in [0.4, 0.5) is 0 Å². The molecule has 1 aromatic carbocycles. The first-order chi connectivity index (χ1) is 7.33. The first kappa shape index (κ1) is 11.6. The molecule has 0 fully saturated rings. The average Bonchev–Trinajstić information content (AvgIpc) is 2.28. The lowest BCUT2D eigenvalue weighted by Gasteiger charge is -1.97. The van der Waals surface area contributed by atoms with Crippen molar-refractivity contribution >= 4 is 11.8 Å². The fraction of sp³-hybridized carbons (Fsp3) is 0.154. The number of hydrogen-bond donors (Lipinski definition) is 0. The molecule has 0 aliphatic rings. The van der Waals surface area contributed by atoms with E-state index in [1.165, 1.54) is 11.0 Å². The topological polar surface area (TPSA) is 23.8 Å². The minimum absolute atomic E-state index is 0.936. The lowest BCUT2D eigenvalue weighted by molar-refractivity contribution is 1.44. The minimum atomic E-state index is 0.936. The number of hydrogen-bond acceptors (Lipinski definition) is 2. The van der Waals surface area contributed by atoms with Gasteiger partial charge in [0.1, 0.15) is 0 Å². The molecule has 0 bridgehead atoms. The van der Waals surface area contributed by atoms with Crippen LogP contribution in [-0.2, 0) is 0 Å². The second kappa shape index (κ2) is 6.92. The van der Waals surface area contributed by atoms with Crippen LogP contribution in [0.1, 0.15) is 6.92 Å². The molecular formula is C13H13NS. The van der Waals surface area contributed by atoms with Gasteiger partial charge in [0.25, 0.3) is 0 Å². The summed E-state index contributed by atoms with van der Waals surface area (Å²) in [6.45, 7) is 2.00. The van der Waals surface area contributed by atoms with Gasteiger partial charge in [-0.25, -0.2) is 0 Å². The van der Waals surface area contributed by atoms with E-state index < -0.39 is 0 Å². The van der Waals surface area contributed by atoms with Crippen molar-refractivity contribution < 1.29 is 0 Å². The summed E-state index contributed by atoms with van der Waals surface area (Å²) in [5, 5.41) is 8.35. The molecule has 15 heavy (non-hydrogen) atoms. The molecule has 0 aliphatic heterocycles. The maximum absolute atomic E-state index is 8.35. The van der Waals surface area contributed by atoms with Gasteiger partial charge in [-0.2, -0.15) is 5.26 Å². The summed E-state index contributed by atoms with van der Waals surface area (Å²) < 4.78 is 0. The van der Waals surface area contributed by atoms with E-state index in [0.29, 0.717) is 0 Å². The molecule has 0 saturated carbocycles. The van der Waals surface area contributed by atoms with Gasteiger partial charge in [-0.05, 0) is 25.1 Å². The van der Waals surface area contributed by atoms with Gasteiger partial charge in [-0.3, -0.25) is 0 Å². The molecule has 0 aliphatic carbocycles. The highest BCUT2D eigenvalue weighted by Gasteiger charge is 1.89. The molecule has 0 amide bonds. The van der Waals surface area contributed by atoms with Crippen LogP contribution in [0.2, 0.25) is 0 Å². The van der Waals surface area contributed by atoms with Crippen molar-refractivity contribution in [1.82, 2.24) is 0 Å². The third kappa shape index (κ3) is 5.09. The molecule has 0 unspecified atom stereocenters. The summed E-state index contributed by atoms with van der Waals surface area (Å²) in [6, 6.07) is 12.3. The van der Waals surface area contributed by atoms with Gasteiger partial charge in [-0.1, -0.05) is 29.8 Å². The van der Waals surface area contributed by atoms with Crippen LogP contribution < -0.4 is 0 Å². The van der Waals surface area contributed by atoms with E-state index in [1.807, 2.05) is 37.3 Å². The molecular weight excluding hydrogens is 202 g/mol. The smallest absolute Gasteiger partial charge is 0.0912 e. The Hall–Kier alpha value is -1.46. The molecule has 76 valence electrons. The minimum Gasteiger partial charge on any atom is -0.193 e. The van der Waals surface area contributed by atoms with Gasteiger partial charge in [0.15, 0.2) is 0 Å². The van der Waals surface area contributed by atoms with Crippen LogP contribution in [-0.4, -0.2) is 5.75 Å². The monoisotopic (exact) mass is 215 g/mol. The largest absolute Gasteiger partial charge is 0.193 e. The van der Waals surface area contributed by atoms with Crippen molar-refractivity contribution in [2.75, 3.05) is 5.75 Å². The molecule has 0 heterocycles. The number of allylic oxidation sites excluding steroid dienone is 3. The van der Waals surface area contributed by atoms with Crippen LogP contribution in [0, 0.1) is 11.3 Å². The second-order valence-electron chi connectivity index (χ2n) is 3.03. The predicted molar refractivity (Wildman–Crippen MR) is 65.7 cm³/mol. The first-order valence-corrected chi connectivity index (χ1v) is 5.72. The highest BCUT2D eigenvalue weighted by molar-refractivity contribution is 7.99. The van der Waals surface area contributed by atoms with Crippen molar-refractivity contribution in [3.8, 4) is 6.07 Å². The lowest BCUT2D eigenvalue weighted by Crippen LogP contribution is -1.75. The number of rotatable bonds is 4. The maximum atomic E-state index is 8.35. The van der Waals surface area contributed by atoms with E-state index in [1.54, 1.807) is 11.8 Å². The Morgan fingerprint density at radius 2 is 2.13 bits per heavy atom. The van der Waals surface area contributed by atoms with Crippen LogP contribution in [0.5, 0.6) is 0 Å². The number of nitrogens with zero attached hydrogens (tertiary/aromatic N) is 1. The third-order valence-corrected chi connectivity index (χ3v) is 2.76. The van der Waals surface area contributed by atoms with Gasteiger partial charge in [0.2, 0.25) is 0 Å². The van der Waals surface area contributed by atoms with E-state index in [9.17, 15) is 0 Å². The Balaban J connectivity index is 2.39. The average molecular weight is 215 g/mol. The van der Waals surface area contributed by atoms with Gasteiger partial charge in [-0.15, -0.1) is 11.8 Å². The van der Waals surface area contributed by atoms with E-state index in [-0.39, 0.29) is 0 Å². The predicted octanol–water partition coefficient (Wildman–Crippen LogP) is 3.80. The number of benzene rings is 1. The zero-order chi connectivity index (χ0) is 10.9. The van der Waals surface area contributed by atoms with E-state index in [2.05, 4.69) is 18.2 Å². The van der Waals surface area contributed by atoms with Crippen molar-refractivity contribution in [1.29, 1.82) is 5.26 Å². The third-order valence-electron chi connectivity index (χ3n) is 1.82. The Morgan fingerprint density at radius 3 is 2.80 bits per heavy atom. The molecule has 1 rings (SSSR count). The lowest BCUT2D eigenvalue weighted by atomic mass is 10.3. The van der Waals surface area contributed by atoms with Gasteiger partial charge >= 0.3 is 0 Å². The van der Waals surface area contributed by atoms with Crippen LogP contribution in [0.15, 0.2) is 59.0 Å². The van der Waals surface area contributed by atoms with Crippen molar-refractivity contribution in [3.63, 3.8) is 0 Å². The van der Waals surface area contributed by atoms with E-state index in [4.69, 9.17) is 5.26 Å². The number of nitriles is 1. The molecule has 0 spiro atoms.